The van der Waals surface area contributed by atoms with Crippen LogP contribution in [0.15, 0.2) is 231 Å². The normalized spacial score (nSPS) is 25.6. The monoisotopic (exact) mass is 1570 g/mol. The van der Waals surface area contributed by atoms with E-state index in [1.807, 2.05) is 159 Å². The van der Waals surface area contributed by atoms with Crippen LogP contribution in [0.5, 0.6) is 5.75 Å². The van der Waals surface area contributed by atoms with Crippen LogP contribution in [-0.2, 0) is 105 Å². The molecule has 8 aromatic rings. The molecule has 24 heteroatoms. The molecular formula is C90H99NO22Si. The van der Waals surface area contributed by atoms with Crippen molar-refractivity contribution < 1.29 is 104 Å². The van der Waals surface area contributed by atoms with Gasteiger partial charge in [-0.1, -0.05) is 221 Å². The number of ether oxygens (including phenoxy) is 15. The maximum atomic E-state index is 15.7. The maximum Gasteiger partial charge on any atom is 0.338 e. The average Bonchev–Trinajstić information content (AvgIpc) is 0.966. The first kappa shape index (κ1) is 82.5. The fraction of sp³-hybridized carbons (Fsp3) is 0.400. The molecule has 0 unspecified atom stereocenters. The number of rotatable bonds is 34. The predicted molar refractivity (Wildman–Crippen MR) is 419 cm³/mol. The van der Waals surface area contributed by atoms with Crippen LogP contribution in [0.1, 0.15) is 133 Å². The Morgan fingerprint density at radius 3 is 1.57 bits per heavy atom. The second-order valence-electron chi connectivity index (χ2n) is 30.0. The van der Waals surface area contributed by atoms with Crippen molar-refractivity contribution in [2.75, 3.05) is 34.0 Å². The first-order valence-corrected chi connectivity index (χ1v) is 40.8. The van der Waals surface area contributed by atoms with Crippen LogP contribution in [0.25, 0.3) is 0 Å². The van der Waals surface area contributed by atoms with E-state index in [2.05, 4.69) is 20.8 Å². The van der Waals surface area contributed by atoms with Crippen LogP contribution in [0.3, 0.4) is 0 Å². The van der Waals surface area contributed by atoms with Crippen molar-refractivity contribution in [1.29, 1.82) is 0 Å². The number of methoxy groups -OCH3 is 2. The lowest BCUT2D eigenvalue weighted by atomic mass is 9.93. The number of Topliss-reactive ketones (excluding diaryl/α,β-unsaturated/α-hetero) is 1. The number of carbonyl (C=O) groups excluding carboxylic acids is 6. The number of fused-ring (bicyclic) bond motifs is 2. The molecule has 4 fully saturated rings. The summed E-state index contributed by atoms with van der Waals surface area (Å²) in [5, 5.41) is 1.09. The molecule has 5 aliphatic rings. The van der Waals surface area contributed by atoms with Gasteiger partial charge in [-0.25, -0.2) is 4.79 Å². The zero-order valence-corrected chi connectivity index (χ0v) is 66.1. The van der Waals surface area contributed by atoms with Crippen molar-refractivity contribution in [3.8, 4) is 5.75 Å². The predicted octanol–water partition coefficient (Wildman–Crippen LogP) is 12.3. The number of nitrogens with zero attached hydrogens (tertiary/aromatic N) is 1. The van der Waals surface area contributed by atoms with Gasteiger partial charge in [0.05, 0.1) is 76.5 Å². The van der Waals surface area contributed by atoms with Gasteiger partial charge in [0, 0.05) is 25.0 Å². The number of carbonyl (C=O) groups is 6. The largest absolute Gasteiger partial charge is 0.497 e. The van der Waals surface area contributed by atoms with Gasteiger partial charge < -0.3 is 80.3 Å². The fourth-order valence-electron chi connectivity index (χ4n) is 15.4. The second kappa shape index (κ2) is 38.8. The molecule has 8 aromatic carbocycles. The van der Waals surface area contributed by atoms with E-state index in [0.29, 0.717) is 30.6 Å². The Morgan fingerprint density at radius 1 is 0.491 bits per heavy atom. The van der Waals surface area contributed by atoms with Crippen LogP contribution in [0.4, 0.5) is 0 Å². The van der Waals surface area contributed by atoms with E-state index in [1.54, 1.807) is 86.0 Å². The minimum Gasteiger partial charge on any atom is -0.497 e. The van der Waals surface area contributed by atoms with Gasteiger partial charge >= 0.3 is 17.9 Å². The lowest BCUT2D eigenvalue weighted by molar-refractivity contribution is -0.393. The molecule has 4 saturated heterocycles. The number of benzene rings is 8. The molecule has 114 heavy (non-hydrogen) atoms. The van der Waals surface area contributed by atoms with Crippen molar-refractivity contribution >= 4 is 54.2 Å². The van der Waals surface area contributed by atoms with Crippen LogP contribution >= 0.6 is 0 Å². The molecule has 2 amide bonds. The number of esters is 3. The summed E-state index contributed by atoms with van der Waals surface area (Å²) in [5.74, 6) is -3.32. The number of ketones is 1. The third-order valence-electron chi connectivity index (χ3n) is 21.2. The zero-order valence-electron chi connectivity index (χ0n) is 65.1. The van der Waals surface area contributed by atoms with Crippen molar-refractivity contribution in [1.82, 2.24) is 4.90 Å². The van der Waals surface area contributed by atoms with Gasteiger partial charge in [0.25, 0.3) is 20.1 Å². The fourth-order valence-corrected chi connectivity index (χ4v) is 20.0. The molecule has 0 aromatic heterocycles. The quantitative estimate of drug-likeness (QED) is 0.0119. The maximum absolute atomic E-state index is 15.7. The highest BCUT2D eigenvalue weighted by Gasteiger charge is 2.62. The highest BCUT2D eigenvalue weighted by molar-refractivity contribution is 6.99. The standard InChI is InChI=1S/C90H99NO22Si/c1-58(92)46-51-73(94)109-77-71(57-105-114(90(3,4)5,66-39-23-12-24-40-66)67-41-25-13-26-42-67)108-89(112-78-74(91-83(95)68-43-28-29-44-69(68)84(91)96)87(100-52-30-14-27-45-72(93)99-7)107-70-56-104-86(111-76(70)78)64-47-49-65(98-6)50-48-64)82(110-85(97)63-37-21-11-22-38-63)80(77)113-88-81(103-55-62-35-19-10-20-36-62)79(102-54-61-33-17-9-18-34-61)75(59(2)106-88)101-53-60-31-15-8-16-32-60/h8-13,15-26,28-29,31-44,47-50,59,70-71,74-82,86-89H,14,27,30,45-46,51-57H2,1-7H3/t59-,70+,71+,74+,75+,76+,77-,78+,79+,80-,81-,82+,86+,87+,88-,89-/m0/s1. The summed E-state index contributed by atoms with van der Waals surface area (Å²) in [5.41, 5.74) is 3.28. The highest BCUT2D eigenvalue weighted by atomic mass is 28.4. The van der Waals surface area contributed by atoms with Crippen LogP contribution in [-0.4, -0.2) is 175 Å². The van der Waals surface area contributed by atoms with Gasteiger partial charge in [-0.2, -0.15) is 0 Å². The van der Waals surface area contributed by atoms with E-state index in [9.17, 15) is 9.59 Å². The third kappa shape index (κ3) is 19.5. The van der Waals surface area contributed by atoms with Crippen LogP contribution in [0.2, 0.25) is 5.04 Å². The Morgan fingerprint density at radius 2 is 1.02 bits per heavy atom. The Labute approximate surface area is 665 Å². The summed E-state index contributed by atoms with van der Waals surface area (Å²) in [6.45, 7) is 9.12. The van der Waals surface area contributed by atoms with E-state index in [4.69, 9.17) is 75.5 Å². The molecule has 16 atom stereocenters. The zero-order chi connectivity index (χ0) is 79.7. The molecule has 0 saturated carbocycles. The summed E-state index contributed by atoms with van der Waals surface area (Å²) in [6, 6.07) is 68.7. The molecule has 5 heterocycles. The molecule has 0 bridgehead atoms. The molecule has 5 aliphatic heterocycles. The number of hydrogen-bond acceptors (Lipinski definition) is 22. The number of hydrogen-bond donors (Lipinski definition) is 0. The Hall–Kier alpha value is -9.48. The summed E-state index contributed by atoms with van der Waals surface area (Å²) < 4.78 is 112. The summed E-state index contributed by atoms with van der Waals surface area (Å²) in [6.07, 6.45) is -20.2. The molecule has 23 nitrogen and oxygen atoms in total. The van der Waals surface area contributed by atoms with Crippen molar-refractivity contribution in [2.45, 2.75) is 196 Å². The van der Waals surface area contributed by atoms with E-state index in [0.717, 1.165) is 32.0 Å². The lowest BCUT2D eigenvalue weighted by Crippen LogP contribution is -2.72. The van der Waals surface area contributed by atoms with E-state index in [1.165, 1.54) is 14.0 Å². The van der Waals surface area contributed by atoms with Gasteiger partial charge in [0.2, 0.25) is 0 Å². The minimum absolute atomic E-state index is 0.0151. The lowest BCUT2D eigenvalue weighted by Gasteiger charge is -2.53. The van der Waals surface area contributed by atoms with Crippen molar-refractivity contribution in [3.63, 3.8) is 0 Å². The van der Waals surface area contributed by atoms with Crippen LogP contribution in [0, 0.1) is 0 Å². The molecule has 13 rings (SSSR count). The first-order chi connectivity index (χ1) is 55.4. The van der Waals surface area contributed by atoms with Gasteiger partial charge in [-0.15, -0.1) is 0 Å². The molecule has 0 spiro atoms. The number of unbranched alkanes of at least 4 members (excludes halogenated alkanes) is 2. The number of amides is 2. The average molecular weight is 1570 g/mol. The smallest absolute Gasteiger partial charge is 0.338 e. The summed E-state index contributed by atoms with van der Waals surface area (Å²) >= 11 is 0. The summed E-state index contributed by atoms with van der Waals surface area (Å²) in [4.78, 5) is 88.6. The topological polar surface area (TPSA) is 253 Å². The van der Waals surface area contributed by atoms with Gasteiger partial charge in [-0.05, 0) is 95.2 Å². The van der Waals surface area contributed by atoms with Gasteiger partial charge in [0.15, 0.2) is 37.4 Å². The van der Waals surface area contributed by atoms with Gasteiger partial charge in [-0.3, -0.25) is 24.1 Å². The first-order valence-electron chi connectivity index (χ1n) is 38.9. The van der Waals surface area contributed by atoms with E-state index in [-0.39, 0.29) is 74.3 Å². The van der Waals surface area contributed by atoms with Gasteiger partial charge in [0.1, 0.15) is 66.4 Å². The minimum atomic E-state index is -3.67. The Bertz CT molecular complexity index is 4380. The van der Waals surface area contributed by atoms with E-state index < -0.39 is 148 Å². The molecule has 0 N–H and O–H groups in total. The SMILES string of the molecule is COC(=O)CCCCCO[C@@H]1O[C@@H]2CO[C@@H](c3ccc(OC)cc3)O[C@H]2[C@H](O[C@@H]2O[C@H](CO[Si](c3ccccc3)(c3ccccc3)C(C)(C)C)[C@H](OC(=O)CCC(C)=O)[C@H](O[C@@H]3O[C@@H](C)[C@@H](OCc4ccccc4)[C@@H](OCc4ccccc4)[C@@H]3OCc3ccccc3)[C@H]2OC(=O)c2ccccc2)[C@H]1N1C(=O)c2ccccc2C1=O. The molecule has 0 radical (unpaired) electrons. The molecular weight excluding hydrogens is 1480 g/mol. The van der Waals surface area contributed by atoms with Crippen molar-refractivity contribution in [2.24, 2.45) is 0 Å². The van der Waals surface area contributed by atoms with Crippen LogP contribution < -0.4 is 15.1 Å². The molecule has 600 valence electrons. The second-order valence-corrected chi connectivity index (χ2v) is 34.3. The Balaban J connectivity index is 1.01. The third-order valence-corrected chi connectivity index (χ3v) is 26.2. The highest BCUT2D eigenvalue weighted by Crippen LogP contribution is 2.45. The van der Waals surface area contributed by atoms with E-state index >= 15 is 19.2 Å². The Kier molecular flexibility index (Phi) is 28.1. The molecule has 0 aliphatic carbocycles. The number of imide groups is 1. The summed E-state index contributed by atoms with van der Waals surface area (Å²) in [7, 11) is -0.792. The van der Waals surface area contributed by atoms with Crippen molar-refractivity contribution in [3.05, 3.63) is 269 Å².